The van der Waals surface area contributed by atoms with E-state index in [2.05, 4.69) is 20.9 Å². The first-order chi connectivity index (χ1) is 21.5. The fourth-order valence-electron chi connectivity index (χ4n) is 4.80. The molecule has 2 aromatic carbocycles. The summed E-state index contributed by atoms with van der Waals surface area (Å²) in [6.45, 7) is 4.27. The van der Waals surface area contributed by atoms with Crippen LogP contribution in [0.1, 0.15) is 57.1 Å². The minimum atomic E-state index is -1.02. The lowest BCUT2D eigenvalue weighted by atomic mass is 9.96. The van der Waals surface area contributed by atoms with Gasteiger partial charge < -0.3 is 38.9 Å². The Labute approximate surface area is 266 Å². The second kappa shape index (κ2) is 19.9. The molecule has 0 aliphatic heterocycles. The number of rotatable bonds is 20. The van der Waals surface area contributed by atoms with Crippen LogP contribution in [0.15, 0.2) is 65.7 Å². The van der Waals surface area contributed by atoms with Crippen molar-refractivity contribution in [1.29, 1.82) is 0 Å². The molecule has 4 atom stereocenters. The van der Waals surface area contributed by atoms with Crippen LogP contribution in [0.25, 0.3) is 0 Å². The number of unbranched alkanes of at least 4 members (excludes halogenated alkanes) is 1. The highest BCUT2D eigenvalue weighted by atomic mass is 16.2. The number of Topliss-reactive ketones (excluding diaryl/α,β-unsaturated/α-hetero) is 1. The first-order valence-electron chi connectivity index (χ1n) is 15.6. The molecule has 0 spiro atoms. The molecule has 0 fully saturated rings. The van der Waals surface area contributed by atoms with Crippen molar-refractivity contribution < 1.29 is 19.2 Å². The fraction of sp³-hybridized carbons (Fsp3) is 0.485. The van der Waals surface area contributed by atoms with Crippen molar-refractivity contribution in [2.75, 3.05) is 13.1 Å². The van der Waals surface area contributed by atoms with Crippen LogP contribution in [0.4, 0.5) is 0 Å². The highest BCUT2D eigenvalue weighted by molar-refractivity contribution is 5.95. The van der Waals surface area contributed by atoms with Gasteiger partial charge >= 0.3 is 0 Å². The Hall–Kier alpha value is -4.29. The minimum Gasteiger partial charge on any atom is -0.370 e. The van der Waals surface area contributed by atoms with Gasteiger partial charge in [0.15, 0.2) is 11.7 Å². The maximum atomic E-state index is 13.8. The van der Waals surface area contributed by atoms with Gasteiger partial charge in [-0.2, -0.15) is 0 Å². The van der Waals surface area contributed by atoms with Crippen molar-refractivity contribution in [3.63, 3.8) is 0 Å². The molecule has 0 bridgehead atoms. The van der Waals surface area contributed by atoms with Crippen LogP contribution in [-0.2, 0) is 32.0 Å². The molecular weight excluding hydrogens is 572 g/mol. The summed E-state index contributed by atoms with van der Waals surface area (Å²) in [6, 6.07) is 14.9. The van der Waals surface area contributed by atoms with Gasteiger partial charge in [-0.15, -0.1) is 0 Å². The average molecular weight is 623 g/mol. The van der Waals surface area contributed by atoms with Crippen LogP contribution >= 0.6 is 0 Å². The van der Waals surface area contributed by atoms with Gasteiger partial charge in [-0.25, -0.2) is 0 Å². The normalized spacial score (nSPS) is 13.6. The van der Waals surface area contributed by atoms with Crippen LogP contribution in [0.3, 0.4) is 0 Å². The standard InChI is InChI=1S/C33H50N8O4/c1-22(2)29(42)26(16-9-10-18-34)39-31(44)27(17-11-19-38-33(36)37)40-32(45)28(21-24-14-7-4-8-15-24)41-30(43)25(35)20-23-12-5-3-6-13-23/h3-8,12-15,22,25-28H,9-11,16-21,34-35H2,1-2H3,(H,39,44)(H,40,45)(H,41,43)(H4,36,37,38). The molecule has 0 saturated carbocycles. The number of amides is 3. The number of ketones is 1. The van der Waals surface area contributed by atoms with Gasteiger partial charge in [0.25, 0.3) is 0 Å². The Morgan fingerprint density at radius 1 is 0.689 bits per heavy atom. The summed E-state index contributed by atoms with van der Waals surface area (Å²) in [6.07, 6.45) is 2.84. The highest BCUT2D eigenvalue weighted by Gasteiger charge is 2.31. The minimum absolute atomic E-state index is 0.0833. The number of carbonyl (C=O) groups excluding carboxylic acids is 4. The van der Waals surface area contributed by atoms with E-state index < -0.39 is 41.9 Å². The second-order valence-electron chi connectivity index (χ2n) is 11.5. The summed E-state index contributed by atoms with van der Waals surface area (Å²) >= 11 is 0. The van der Waals surface area contributed by atoms with E-state index in [-0.39, 0.29) is 43.5 Å². The van der Waals surface area contributed by atoms with Crippen LogP contribution in [-0.4, -0.2) is 66.7 Å². The summed E-state index contributed by atoms with van der Waals surface area (Å²) in [7, 11) is 0. The van der Waals surface area contributed by atoms with Crippen molar-refractivity contribution in [2.24, 2.45) is 33.8 Å². The number of hydrogen-bond donors (Lipinski definition) is 7. The third-order valence-electron chi connectivity index (χ3n) is 7.31. The first-order valence-corrected chi connectivity index (χ1v) is 15.6. The summed E-state index contributed by atoms with van der Waals surface area (Å²) in [5, 5.41) is 8.45. The molecule has 0 heterocycles. The molecule has 12 nitrogen and oxygen atoms in total. The number of aliphatic imine (C=N–C) groups is 1. The Morgan fingerprint density at radius 2 is 1.20 bits per heavy atom. The lowest BCUT2D eigenvalue weighted by Crippen LogP contribution is -2.58. The van der Waals surface area contributed by atoms with E-state index in [0.717, 1.165) is 11.1 Å². The predicted molar refractivity (Wildman–Crippen MR) is 177 cm³/mol. The number of nitrogens with one attached hydrogen (secondary N) is 3. The Morgan fingerprint density at radius 3 is 1.76 bits per heavy atom. The lowest BCUT2D eigenvalue weighted by molar-refractivity contribution is -0.134. The molecule has 0 aliphatic rings. The first kappa shape index (κ1) is 36.9. The molecule has 0 aromatic heterocycles. The topological polar surface area (TPSA) is 221 Å². The second-order valence-corrected chi connectivity index (χ2v) is 11.5. The number of nitrogens with two attached hydrogens (primary N) is 4. The zero-order valence-corrected chi connectivity index (χ0v) is 26.4. The third kappa shape index (κ3) is 13.9. The summed E-state index contributed by atoms with van der Waals surface area (Å²) in [5.74, 6) is -2.05. The Kier molecular flexibility index (Phi) is 16.3. The third-order valence-corrected chi connectivity index (χ3v) is 7.31. The monoisotopic (exact) mass is 622 g/mol. The Balaban J connectivity index is 2.26. The van der Waals surface area contributed by atoms with Gasteiger partial charge in [-0.1, -0.05) is 74.5 Å². The molecule has 12 heteroatoms. The van der Waals surface area contributed by atoms with Gasteiger partial charge in [-0.3, -0.25) is 24.2 Å². The molecule has 11 N–H and O–H groups in total. The zero-order chi connectivity index (χ0) is 33.2. The van der Waals surface area contributed by atoms with Crippen LogP contribution in [0, 0.1) is 5.92 Å². The molecule has 0 saturated heterocycles. The maximum Gasteiger partial charge on any atom is 0.243 e. The molecule has 4 unspecified atom stereocenters. The number of carbonyl (C=O) groups is 4. The van der Waals surface area contributed by atoms with Gasteiger partial charge in [0.05, 0.1) is 12.1 Å². The van der Waals surface area contributed by atoms with Gasteiger partial charge in [0.2, 0.25) is 17.7 Å². The fourth-order valence-corrected chi connectivity index (χ4v) is 4.80. The molecule has 246 valence electrons. The van der Waals surface area contributed by atoms with Crippen molar-refractivity contribution in [3.05, 3.63) is 71.8 Å². The predicted octanol–water partition coefficient (Wildman–Crippen LogP) is 0.661. The van der Waals surface area contributed by atoms with E-state index >= 15 is 0 Å². The summed E-state index contributed by atoms with van der Waals surface area (Å²) < 4.78 is 0. The number of nitrogens with zero attached hydrogens (tertiary/aromatic N) is 1. The maximum absolute atomic E-state index is 13.8. The molecule has 0 radical (unpaired) electrons. The van der Waals surface area contributed by atoms with E-state index in [1.165, 1.54) is 0 Å². The summed E-state index contributed by atoms with van der Waals surface area (Å²) in [5.41, 5.74) is 24.5. The quantitative estimate of drug-likeness (QED) is 0.0630. The van der Waals surface area contributed by atoms with Gasteiger partial charge in [0, 0.05) is 18.9 Å². The van der Waals surface area contributed by atoms with Crippen molar-refractivity contribution >= 4 is 29.5 Å². The SMILES string of the molecule is CC(C)C(=O)C(CCCCN)NC(=O)C(CCCN=C(N)N)NC(=O)C(Cc1ccccc1)NC(=O)C(N)Cc1ccccc1. The zero-order valence-electron chi connectivity index (χ0n) is 26.4. The van der Waals surface area contributed by atoms with Crippen LogP contribution in [0.2, 0.25) is 0 Å². The van der Waals surface area contributed by atoms with Crippen molar-refractivity contribution in [1.82, 2.24) is 16.0 Å². The molecule has 3 amide bonds. The van der Waals surface area contributed by atoms with Crippen LogP contribution in [0.5, 0.6) is 0 Å². The largest absolute Gasteiger partial charge is 0.370 e. The van der Waals surface area contributed by atoms with E-state index in [0.29, 0.717) is 32.2 Å². The van der Waals surface area contributed by atoms with E-state index in [9.17, 15) is 19.2 Å². The number of guanidine groups is 1. The molecule has 2 aromatic rings. The van der Waals surface area contributed by atoms with E-state index in [4.69, 9.17) is 22.9 Å². The van der Waals surface area contributed by atoms with Gasteiger partial charge in [-0.05, 0) is 56.2 Å². The molecule has 45 heavy (non-hydrogen) atoms. The molecule has 2 rings (SSSR count). The Bertz CT molecular complexity index is 1240. The molecule has 0 aliphatic carbocycles. The number of hydrogen-bond acceptors (Lipinski definition) is 7. The van der Waals surface area contributed by atoms with E-state index in [1.807, 2.05) is 60.7 Å². The lowest BCUT2D eigenvalue weighted by Gasteiger charge is -2.26. The van der Waals surface area contributed by atoms with Gasteiger partial charge in [0.1, 0.15) is 12.1 Å². The van der Waals surface area contributed by atoms with E-state index in [1.54, 1.807) is 13.8 Å². The smallest absolute Gasteiger partial charge is 0.243 e. The van der Waals surface area contributed by atoms with Crippen molar-refractivity contribution in [2.45, 2.75) is 83.0 Å². The summed E-state index contributed by atoms with van der Waals surface area (Å²) in [4.78, 5) is 57.5. The average Bonchev–Trinajstić information content (AvgIpc) is 3.01. The van der Waals surface area contributed by atoms with Crippen LogP contribution < -0.4 is 38.9 Å². The number of benzene rings is 2. The molecular formula is C33H50N8O4. The van der Waals surface area contributed by atoms with Crippen molar-refractivity contribution in [3.8, 4) is 0 Å². The highest BCUT2D eigenvalue weighted by Crippen LogP contribution is 2.11.